The molecule has 1 aliphatic rings. The largest absolute Gasteiger partial charge is 0.378 e. The standard InChI is InChI=1S/C8H15NO/c1-3-8(9)7-4-6(2)10-5-7/h3,6-8H,1,4-5,9H2,2H3. The Bertz CT molecular complexity index is 124. The summed E-state index contributed by atoms with van der Waals surface area (Å²) in [4.78, 5) is 0. The first-order valence-corrected chi connectivity index (χ1v) is 3.73. The number of rotatable bonds is 2. The van der Waals surface area contributed by atoms with Gasteiger partial charge >= 0.3 is 0 Å². The van der Waals surface area contributed by atoms with Crippen molar-refractivity contribution in [2.75, 3.05) is 6.61 Å². The molecular weight excluding hydrogens is 126 g/mol. The minimum atomic E-state index is 0.116. The molecule has 0 aromatic rings. The van der Waals surface area contributed by atoms with Gasteiger partial charge in [0.05, 0.1) is 12.7 Å². The molecule has 0 amide bonds. The van der Waals surface area contributed by atoms with Crippen LogP contribution in [0, 0.1) is 5.92 Å². The smallest absolute Gasteiger partial charge is 0.0551 e. The van der Waals surface area contributed by atoms with Crippen molar-refractivity contribution in [3.63, 3.8) is 0 Å². The van der Waals surface area contributed by atoms with E-state index in [2.05, 4.69) is 13.5 Å². The quantitative estimate of drug-likeness (QED) is 0.580. The van der Waals surface area contributed by atoms with E-state index < -0.39 is 0 Å². The van der Waals surface area contributed by atoms with Gasteiger partial charge in [0, 0.05) is 12.0 Å². The van der Waals surface area contributed by atoms with E-state index in [-0.39, 0.29) is 6.04 Å². The lowest BCUT2D eigenvalue weighted by Crippen LogP contribution is -2.27. The van der Waals surface area contributed by atoms with Crippen molar-refractivity contribution in [1.82, 2.24) is 0 Å². The molecular formula is C8H15NO. The molecule has 0 aliphatic carbocycles. The summed E-state index contributed by atoms with van der Waals surface area (Å²) >= 11 is 0. The molecule has 0 aromatic heterocycles. The van der Waals surface area contributed by atoms with Gasteiger partial charge in [-0.1, -0.05) is 6.08 Å². The van der Waals surface area contributed by atoms with Gasteiger partial charge < -0.3 is 10.5 Å². The molecule has 0 radical (unpaired) electrons. The molecule has 1 heterocycles. The van der Waals surface area contributed by atoms with Crippen molar-refractivity contribution in [3.05, 3.63) is 12.7 Å². The van der Waals surface area contributed by atoms with Gasteiger partial charge in [0.15, 0.2) is 0 Å². The average Bonchev–Trinajstić information content (AvgIpc) is 2.34. The van der Waals surface area contributed by atoms with E-state index in [1.54, 1.807) is 6.08 Å². The van der Waals surface area contributed by atoms with E-state index in [0.29, 0.717) is 12.0 Å². The fourth-order valence-corrected chi connectivity index (χ4v) is 1.31. The Labute approximate surface area is 62.1 Å². The zero-order valence-electron chi connectivity index (χ0n) is 6.42. The van der Waals surface area contributed by atoms with E-state index in [4.69, 9.17) is 10.5 Å². The van der Waals surface area contributed by atoms with Crippen molar-refractivity contribution in [2.24, 2.45) is 11.7 Å². The Morgan fingerprint density at radius 3 is 2.90 bits per heavy atom. The van der Waals surface area contributed by atoms with Crippen LogP contribution in [0.1, 0.15) is 13.3 Å². The maximum Gasteiger partial charge on any atom is 0.0551 e. The van der Waals surface area contributed by atoms with Crippen molar-refractivity contribution in [2.45, 2.75) is 25.5 Å². The zero-order chi connectivity index (χ0) is 7.56. The second-order valence-electron chi connectivity index (χ2n) is 2.95. The summed E-state index contributed by atoms with van der Waals surface area (Å²) in [5.74, 6) is 0.493. The Kier molecular flexibility index (Phi) is 2.46. The molecule has 0 saturated carbocycles. The highest BCUT2D eigenvalue weighted by molar-refractivity contribution is 4.91. The van der Waals surface area contributed by atoms with Gasteiger partial charge in [-0.05, 0) is 13.3 Å². The van der Waals surface area contributed by atoms with Crippen molar-refractivity contribution < 1.29 is 4.74 Å². The molecule has 58 valence electrons. The van der Waals surface area contributed by atoms with Gasteiger partial charge in [-0.2, -0.15) is 0 Å². The molecule has 1 aliphatic heterocycles. The number of hydrogen-bond acceptors (Lipinski definition) is 2. The first kappa shape index (κ1) is 7.76. The maximum absolute atomic E-state index is 5.74. The Hall–Kier alpha value is -0.340. The van der Waals surface area contributed by atoms with E-state index in [9.17, 15) is 0 Å². The third-order valence-electron chi connectivity index (χ3n) is 2.05. The highest BCUT2D eigenvalue weighted by Gasteiger charge is 2.25. The van der Waals surface area contributed by atoms with E-state index in [1.807, 2.05) is 0 Å². The fraction of sp³-hybridized carbons (Fsp3) is 0.750. The van der Waals surface area contributed by atoms with Crippen molar-refractivity contribution in [1.29, 1.82) is 0 Å². The summed E-state index contributed by atoms with van der Waals surface area (Å²) in [6.45, 7) is 6.53. The Balaban J connectivity index is 2.36. The Morgan fingerprint density at radius 1 is 1.80 bits per heavy atom. The van der Waals surface area contributed by atoms with Gasteiger partial charge in [0.2, 0.25) is 0 Å². The minimum Gasteiger partial charge on any atom is -0.378 e. The van der Waals surface area contributed by atoms with Gasteiger partial charge in [0.25, 0.3) is 0 Å². The first-order valence-electron chi connectivity index (χ1n) is 3.73. The van der Waals surface area contributed by atoms with Crippen LogP contribution in [0.25, 0.3) is 0 Å². The monoisotopic (exact) mass is 141 g/mol. The predicted octanol–water partition coefficient (Wildman–Crippen LogP) is 0.925. The number of nitrogens with two attached hydrogens (primary N) is 1. The van der Waals surface area contributed by atoms with Crippen LogP contribution in [0.3, 0.4) is 0 Å². The second-order valence-corrected chi connectivity index (χ2v) is 2.95. The molecule has 3 atom stereocenters. The highest BCUT2D eigenvalue weighted by Crippen LogP contribution is 2.21. The van der Waals surface area contributed by atoms with Crippen LogP contribution in [0.15, 0.2) is 12.7 Å². The number of ether oxygens (including phenoxy) is 1. The molecule has 2 nitrogen and oxygen atoms in total. The fourth-order valence-electron chi connectivity index (χ4n) is 1.31. The predicted molar refractivity (Wildman–Crippen MR) is 41.7 cm³/mol. The summed E-state index contributed by atoms with van der Waals surface area (Å²) in [5.41, 5.74) is 5.74. The normalized spacial score (nSPS) is 35.8. The van der Waals surface area contributed by atoms with Crippen LogP contribution in [0.2, 0.25) is 0 Å². The summed E-state index contributed by atoms with van der Waals surface area (Å²) in [6, 6.07) is 0.116. The van der Waals surface area contributed by atoms with Crippen LogP contribution < -0.4 is 5.73 Å². The van der Waals surface area contributed by atoms with Crippen LogP contribution >= 0.6 is 0 Å². The molecule has 1 rings (SSSR count). The lowest BCUT2D eigenvalue weighted by molar-refractivity contribution is 0.119. The van der Waals surface area contributed by atoms with Gasteiger partial charge in [-0.3, -0.25) is 0 Å². The van der Waals surface area contributed by atoms with E-state index in [0.717, 1.165) is 13.0 Å². The van der Waals surface area contributed by atoms with Crippen LogP contribution in [-0.2, 0) is 4.74 Å². The molecule has 0 bridgehead atoms. The lowest BCUT2D eigenvalue weighted by atomic mass is 9.98. The van der Waals surface area contributed by atoms with Crippen molar-refractivity contribution >= 4 is 0 Å². The zero-order valence-corrected chi connectivity index (χ0v) is 6.42. The maximum atomic E-state index is 5.74. The molecule has 2 heteroatoms. The van der Waals surface area contributed by atoms with E-state index >= 15 is 0 Å². The lowest BCUT2D eigenvalue weighted by Gasteiger charge is -2.11. The minimum absolute atomic E-state index is 0.116. The molecule has 3 unspecified atom stereocenters. The molecule has 10 heavy (non-hydrogen) atoms. The molecule has 0 aromatic carbocycles. The summed E-state index contributed by atoms with van der Waals surface area (Å²) in [6.07, 6.45) is 3.26. The van der Waals surface area contributed by atoms with Crippen molar-refractivity contribution in [3.8, 4) is 0 Å². The van der Waals surface area contributed by atoms with Crippen LogP contribution in [0.5, 0.6) is 0 Å². The highest BCUT2D eigenvalue weighted by atomic mass is 16.5. The van der Waals surface area contributed by atoms with Gasteiger partial charge in [-0.25, -0.2) is 0 Å². The summed E-state index contributed by atoms with van der Waals surface area (Å²) in [7, 11) is 0. The SMILES string of the molecule is C=CC(N)C1COC(C)C1. The first-order chi connectivity index (χ1) is 4.74. The van der Waals surface area contributed by atoms with E-state index in [1.165, 1.54) is 0 Å². The topological polar surface area (TPSA) is 35.2 Å². The van der Waals surface area contributed by atoms with Crippen LogP contribution in [-0.4, -0.2) is 18.8 Å². The van der Waals surface area contributed by atoms with Gasteiger partial charge in [-0.15, -0.1) is 6.58 Å². The second kappa shape index (κ2) is 3.17. The number of hydrogen-bond donors (Lipinski definition) is 1. The Morgan fingerprint density at radius 2 is 2.50 bits per heavy atom. The summed E-state index contributed by atoms with van der Waals surface area (Å²) in [5, 5.41) is 0. The third kappa shape index (κ3) is 1.58. The van der Waals surface area contributed by atoms with Crippen LogP contribution in [0.4, 0.5) is 0 Å². The molecule has 1 saturated heterocycles. The average molecular weight is 141 g/mol. The van der Waals surface area contributed by atoms with Gasteiger partial charge in [0.1, 0.15) is 0 Å². The molecule has 2 N–H and O–H groups in total. The molecule has 0 spiro atoms. The molecule has 1 fully saturated rings. The third-order valence-corrected chi connectivity index (χ3v) is 2.05. The summed E-state index contributed by atoms with van der Waals surface area (Å²) < 4.78 is 5.36.